The number of esters is 1. The van der Waals surface area contributed by atoms with E-state index in [1.54, 1.807) is 26.1 Å². The third kappa shape index (κ3) is 3.57. The molecule has 0 radical (unpaired) electrons. The van der Waals surface area contributed by atoms with Crippen LogP contribution in [-0.4, -0.2) is 66.6 Å². The van der Waals surface area contributed by atoms with Gasteiger partial charge < -0.3 is 29.5 Å². The number of alkyl halides is 1. The number of benzene rings is 1. The number of aromatic nitrogens is 1. The molecule has 2 aromatic rings. The lowest BCUT2D eigenvalue weighted by Crippen LogP contribution is -2.46. The summed E-state index contributed by atoms with van der Waals surface area (Å²) >= 11 is 6.45. The Kier molecular flexibility index (Phi) is 5.94. The van der Waals surface area contributed by atoms with E-state index in [9.17, 15) is 14.7 Å². The number of fused-ring (bicyclic) bond motifs is 4. The Balaban J connectivity index is 1.76. The molecule has 0 spiro atoms. The molecule has 1 aromatic carbocycles. The van der Waals surface area contributed by atoms with Crippen LogP contribution in [-0.2, 0) is 26.7 Å². The van der Waals surface area contributed by atoms with Crippen molar-refractivity contribution in [2.75, 3.05) is 34.1 Å². The summed E-state index contributed by atoms with van der Waals surface area (Å²) in [7, 11) is 3.07. The Labute approximate surface area is 207 Å². The van der Waals surface area contributed by atoms with Crippen LogP contribution in [0, 0.1) is 0 Å². The van der Waals surface area contributed by atoms with Gasteiger partial charge in [-0.3, -0.25) is 4.79 Å². The molecule has 0 bridgehead atoms. The number of methoxy groups -OCH3 is 1. The van der Waals surface area contributed by atoms with Crippen LogP contribution in [0.15, 0.2) is 29.4 Å². The van der Waals surface area contributed by atoms with Crippen LogP contribution >= 0.6 is 11.6 Å². The van der Waals surface area contributed by atoms with Crippen LogP contribution in [0.25, 0.3) is 16.6 Å². The molecule has 10 heteroatoms. The van der Waals surface area contributed by atoms with Crippen LogP contribution in [0.2, 0.25) is 0 Å². The Hall–Kier alpha value is -3.14. The molecule has 0 unspecified atom stereocenters. The molecule has 2 N–H and O–H groups in total. The number of hydrogen-bond acceptors (Lipinski definition) is 8. The van der Waals surface area contributed by atoms with E-state index in [4.69, 9.17) is 30.8 Å². The molecule has 3 aliphatic heterocycles. The summed E-state index contributed by atoms with van der Waals surface area (Å²) < 4.78 is 16.6. The maximum absolute atomic E-state index is 12.5. The molecule has 1 atom stereocenters. The van der Waals surface area contributed by atoms with Gasteiger partial charge in [0.2, 0.25) is 0 Å². The minimum atomic E-state index is -1.76. The number of halogens is 1. The zero-order valence-electron chi connectivity index (χ0n) is 19.7. The van der Waals surface area contributed by atoms with E-state index in [0.29, 0.717) is 41.4 Å². The van der Waals surface area contributed by atoms with Crippen molar-refractivity contribution in [2.45, 2.75) is 31.4 Å². The average Bonchev–Trinajstić information content (AvgIpc) is 3.19. The van der Waals surface area contributed by atoms with Gasteiger partial charge >= 0.3 is 5.97 Å². The van der Waals surface area contributed by atoms with E-state index in [0.717, 1.165) is 27.8 Å². The Morgan fingerprint density at radius 3 is 2.86 bits per heavy atom. The standard InChI is InChI=1S/C25H26ClN3O6/c1-4-25(32)18-7-20-22-17(9-29(20)12-34-10-13(18)11-35-24(25)31)16(8-26)14-6-21(33-3)15(23(30)27-2)5-19(14)28-22/h5-7,32H,4,8-12H2,1-3H3,(H,27,30)/b20-7-/t25-/m0/s1. The number of ether oxygens (including phenoxy) is 3. The molecule has 9 nitrogen and oxygen atoms in total. The summed E-state index contributed by atoms with van der Waals surface area (Å²) in [6, 6.07) is 3.48. The topological polar surface area (TPSA) is 110 Å². The number of nitrogens with zero attached hydrogens (tertiary/aromatic N) is 2. The maximum Gasteiger partial charge on any atom is 0.343 e. The molecular formula is C25H26ClN3O6. The number of rotatable bonds is 4. The number of cyclic esters (lactones) is 1. The highest BCUT2D eigenvalue weighted by molar-refractivity contribution is 6.18. The second kappa shape index (κ2) is 8.82. The fourth-order valence-electron chi connectivity index (χ4n) is 4.96. The van der Waals surface area contributed by atoms with E-state index in [2.05, 4.69) is 5.32 Å². The van der Waals surface area contributed by atoms with Crippen LogP contribution in [0.1, 0.15) is 40.5 Å². The smallest absolute Gasteiger partial charge is 0.343 e. The quantitative estimate of drug-likeness (QED) is 0.487. The van der Waals surface area contributed by atoms with E-state index in [1.165, 1.54) is 7.11 Å². The van der Waals surface area contributed by atoms with Gasteiger partial charge in [0.15, 0.2) is 5.60 Å². The molecule has 0 saturated heterocycles. The number of nitrogens with one attached hydrogen (secondary N) is 1. The maximum atomic E-state index is 12.5. The highest BCUT2D eigenvalue weighted by Crippen LogP contribution is 2.42. The second-order valence-corrected chi connectivity index (χ2v) is 8.98. The predicted molar refractivity (Wildman–Crippen MR) is 129 cm³/mol. The monoisotopic (exact) mass is 499 g/mol. The molecule has 1 aromatic heterocycles. The Bertz CT molecular complexity index is 1320. The molecule has 0 aliphatic carbocycles. The van der Waals surface area contributed by atoms with Crippen LogP contribution in [0.4, 0.5) is 0 Å². The first kappa shape index (κ1) is 23.6. The van der Waals surface area contributed by atoms with Crippen molar-refractivity contribution in [1.29, 1.82) is 0 Å². The lowest BCUT2D eigenvalue weighted by Gasteiger charge is -2.35. The molecular weight excluding hydrogens is 474 g/mol. The third-order valence-electron chi connectivity index (χ3n) is 6.92. The number of hydrogen-bond donors (Lipinski definition) is 2. The van der Waals surface area contributed by atoms with Crippen molar-refractivity contribution in [3.63, 3.8) is 0 Å². The molecule has 0 saturated carbocycles. The van der Waals surface area contributed by atoms with Gasteiger partial charge in [0.05, 0.1) is 36.2 Å². The van der Waals surface area contributed by atoms with Gasteiger partial charge in [-0.1, -0.05) is 6.92 Å². The largest absolute Gasteiger partial charge is 0.496 e. The second-order valence-electron chi connectivity index (χ2n) is 8.71. The summed E-state index contributed by atoms with van der Waals surface area (Å²) in [5.74, 6) is -0.302. The molecule has 35 heavy (non-hydrogen) atoms. The van der Waals surface area contributed by atoms with E-state index < -0.39 is 11.6 Å². The van der Waals surface area contributed by atoms with Crippen LogP contribution in [0.5, 0.6) is 5.75 Å². The number of carbonyl (C=O) groups is 2. The van der Waals surface area contributed by atoms with Crippen molar-refractivity contribution in [3.8, 4) is 5.75 Å². The van der Waals surface area contributed by atoms with Gasteiger partial charge in [-0.05, 0) is 35.8 Å². The molecule has 5 rings (SSSR count). The lowest BCUT2D eigenvalue weighted by molar-refractivity contribution is -0.163. The van der Waals surface area contributed by atoms with Gasteiger partial charge in [0.25, 0.3) is 5.91 Å². The number of amides is 1. The summed E-state index contributed by atoms with van der Waals surface area (Å²) in [5.41, 5.74) is 3.60. The zero-order chi connectivity index (χ0) is 24.9. The highest BCUT2D eigenvalue weighted by atomic mass is 35.5. The van der Waals surface area contributed by atoms with Gasteiger partial charge in [-0.2, -0.15) is 0 Å². The Morgan fingerprint density at radius 2 is 2.17 bits per heavy atom. The average molecular weight is 500 g/mol. The first-order valence-corrected chi connectivity index (χ1v) is 11.9. The fourth-order valence-corrected chi connectivity index (χ4v) is 5.26. The van der Waals surface area contributed by atoms with Crippen molar-refractivity contribution in [3.05, 3.63) is 51.7 Å². The SMILES string of the molecule is CC[C@@]1(O)C(=O)OCC2=C1/C=C1/c3nc4cc(C(=O)NC)c(OC)cc4c(CCl)c3CN1COC2. The minimum absolute atomic E-state index is 0.0699. The minimum Gasteiger partial charge on any atom is -0.496 e. The van der Waals surface area contributed by atoms with Gasteiger partial charge in [-0.25, -0.2) is 9.78 Å². The normalized spacial score (nSPS) is 22.9. The summed E-state index contributed by atoms with van der Waals surface area (Å²) in [5, 5.41) is 14.7. The van der Waals surface area contributed by atoms with E-state index in [1.807, 2.05) is 11.0 Å². The first-order chi connectivity index (χ1) is 16.9. The molecule has 4 heterocycles. The molecule has 1 amide bonds. The lowest BCUT2D eigenvalue weighted by atomic mass is 9.84. The summed E-state index contributed by atoms with van der Waals surface area (Å²) in [6.45, 7) is 2.85. The van der Waals surface area contributed by atoms with E-state index >= 15 is 0 Å². The van der Waals surface area contributed by atoms with Crippen molar-refractivity contribution in [2.24, 2.45) is 0 Å². The first-order valence-electron chi connectivity index (χ1n) is 11.3. The van der Waals surface area contributed by atoms with Crippen molar-refractivity contribution >= 4 is 40.1 Å². The highest BCUT2D eigenvalue weighted by Gasteiger charge is 2.45. The number of aliphatic hydroxyl groups is 1. The number of carbonyl (C=O) groups excluding carboxylic acids is 2. The zero-order valence-corrected chi connectivity index (χ0v) is 20.5. The van der Waals surface area contributed by atoms with Crippen LogP contribution < -0.4 is 10.1 Å². The van der Waals surface area contributed by atoms with Crippen molar-refractivity contribution < 1.29 is 28.9 Å². The summed E-state index contributed by atoms with van der Waals surface area (Å²) in [6.07, 6.45) is 1.99. The summed E-state index contributed by atoms with van der Waals surface area (Å²) in [4.78, 5) is 31.9. The molecule has 0 fully saturated rings. The van der Waals surface area contributed by atoms with Crippen LogP contribution in [0.3, 0.4) is 0 Å². The van der Waals surface area contributed by atoms with Crippen molar-refractivity contribution in [1.82, 2.24) is 15.2 Å². The van der Waals surface area contributed by atoms with Gasteiger partial charge in [0.1, 0.15) is 19.1 Å². The molecule has 3 aliphatic rings. The van der Waals surface area contributed by atoms with Gasteiger partial charge in [-0.15, -0.1) is 11.6 Å². The van der Waals surface area contributed by atoms with E-state index in [-0.39, 0.29) is 31.4 Å². The third-order valence-corrected chi connectivity index (χ3v) is 7.19. The predicted octanol–water partition coefficient (Wildman–Crippen LogP) is 2.48. The fraction of sp³-hybridized carbons (Fsp3) is 0.400. The number of pyridine rings is 1. The molecule has 184 valence electrons. The van der Waals surface area contributed by atoms with Gasteiger partial charge in [0, 0.05) is 36.0 Å². The Morgan fingerprint density at radius 1 is 1.37 bits per heavy atom.